The van der Waals surface area contributed by atoms with Crippen LogP contribution in [0.5, 0.6) is 0 Å². The maximum absolute atomic E-state index is 12.3. The molecule has 3 aromatic rings. The van der Waals surface area contributed by atoms with Crippen molar-refractivity contribution < 1.29 is 9.90 Å². The number of carbonyl (C=O) groups excluding carboxylic acids is 1. The number of rotatable bonds is 9. The average molecular weight is 471 g/mol. The first-order valence-electron chi connectivity index (χ1n) is 11.5. The van der Waals surface area contributed by atoms with Gasteiger partial charge in [-0.15, -0.1) is 0 Å². The maximum Gasteiger partial charge on any atom is 0.234 e. The monoisotopic (exact) mass is 470 g/mol. The maximum atomic E-state index is 12.3. The van der Waals surface area contributed by atoms with Crippen LogP contribution >= 0.6 is 11.6 Å². The first kappa shape index (κ1) is 23.5. The molecular formula is C24H31ClN6O2. The third kappa shape index (κ3) is 6.01. The molecule has 0 aliphatic heterocycles. The molecule has 1 amide bonds. The van der Waals surface area contributed by atoms with E-state index in [0.717, 1.165) is 60.2 Å². The second kappa shape index (κ2) is 11.0. The van der Waals surface area contributed by atoms with Crippen molar-refractivity contribution in [1.82, 2.24) is 25.2 Å². The number of pyridine rings is 2. The number of hydrogen-bond acceptors (Lipinski definition) is 6. The number of hydrogen-bond donors (Lipinski definition) is 4. The Morgan fingerprint density at radius 3 is 2.82 bits per heavy atom. The lowest BCUT2D eigenvalue weighted by Gasteiger charge is -2.30. The van der Waals surface area contributed by atoms with Crippen LogP contribution in [-0.4, -0.2) is 69.2 Å². The molecule has 0 spiro atoms. The summed E-state index contributed by atoms with van der Waals surface area (Å²) in [5.74, 6) is 0.780. The van der Waals surface area contributed by atoms with Crippen LogP contribution in [0.25, 0.3) is 22.2 Å². The third-order valence-electron chi connectivity index (χ3n) is 6.23. The van der Waals surface area contributed by atoms with Gasteiger partial charge in [0, 0.05) is 42.0 Å². The molecule has 176 valence electrons. The summed E-state index contributed by atoms with van der Waals surface area (Å²) in [5.41, 5.74) is 2.87. The van der Waals surface area contributed by atoms with Gasteiger partial charge in [0.25, 0.3) is 0 Å². The van der Waals surface area contributed by atoms with Crippen molar-refractivity contribution in [3.05, 3.63) is 41.8 Å². The minimum Gasteiger partial charge on any atom is -0.395 e. The van der Waals surface area contributed by atoms with Crippen molar-refractivity contribution in [2.45, 2.75) is 44.7 Å². The third-order valence-corrected chi connectivity index (χ3v) is 6.42. The van der Waals surface area contributed by atoms with Gasteiger partial charge in [0.05, 0.1) is 13.2 Å². The van der Waals surface area contributed by atoms with Gasteiger partial charge in [-0.25, -0.2) is 9.97 Å². The zero-order chi connectivity index (χ0) is 23.2. The fourth-order valence-corrected chi connectivity index (χ4v) is 4.69. The van der Waals surface area contributed by atoms with E-state index < -0.39 is 0 Å². The summed E-state index contributed by atoms with van der Waals surface area (Å²) < 4.78 is 0. The number of aliphatic hydroxyl groups excluding tert-OH is 1. The van der Waals surface area contributed by atoms with E-state index in [0.29, 0.717) is 18.2 Å². The SMILES string of the molecule is CCN(CCO)CC(=O)NC1CCC(Nc2cc(-c3c[nH]c4ncccc34)cc(Cl)n2)CC1. The number of fused-ring (bicyclic) bond motifs is 1. The highest BCUT2D eigenvalue weighted by Gasteiger charge is 2.23. The standard InChI is InChI=1S/C24H31ClN6O2/c1-2-31(10-11-32)15-23(33)29-18-7-5-17(6-8-18)28-22-13-16(12-21(25)30-22)20-14-27-24-19(20)4-3-9-26-24/h3-4,9,12-14,17-18,32H,2,5-8,10-11,15H2,1H3,(H,26,27)(H,28,30)(H,29,33). The molecule has 4 N–H and O–H groups in total. The number of halogens is 1. The fraction of sp³-hybridized carbons (Fsp3) is 0.458. The molecule has 0 atom stereocenters. The fourth-order valence-electron chi connectivity index (χ4n) is 4.48. The van der Waals surface area contributed by atoms with Gasteiger partial charge >= 0.3 is 0 Å². The summed E-state index contributed by atoms with van der Waals surface area (Å²) in [4.78, 5) is 26.3. The predicted molar refractivity (Wildman–Crippen MR) is 131 cm³/mol. The van der Waals surface area contributed by atoms with E-state index >= 15 is 0 Å². The van der Waals surface area contributed by atoms with Gasteiger partial charge in [0.1, 0.15) is 16.6 Å². The Morgan fingerprint density at radius 1 is 1.27 bits per heavy atom. The second-order valence-electron chi connectivity index (χ2n) is 8.52. The molecule has 4 rings (SSSR count). The molecule has 1 fully saturated rings. The Kier molecular flexibility index (Phi) is 7.80. The van der Waals surface area contributed by atoms with Gasteiger partial charge in [-0.2, -0.15) is 0 Å². The lowest BCUT2D eigenvalue weighted by Crippen LogP contribution is -2.45. The zero-order valence-corrected chi connectivity index (χ0v) is 19.6. The Hall–Kier alpha value is -2.68. The van der Waals surface area contributed by atoms with E-state index in [1.165, 1.54) is 0 Å². The zero-order valence-electron chi connectivity index (χ0n) is 18.9. The molecule has 0 unspecified atom stereocenters. The number of amides is 1. The molecule has 0 aromatic carbocycles. The van der Waals surface area contributed by atoms with Crippen LogP contribution in [0.15, 0.2) is 36.7 Å². The molecule has 8 nitrogen and oxygen atoms in total. The van der Waals surface area contributed by atoms with Gasteiger partial charge in [-0.1, -0.05) is 18.5 Å². The molecule has 0 radical (unpaired) electrons. The number of carbonyl (C=O) groups is 1. The average Bonchev–Trinajstić information content (AvgIpc) is 3.24. The number of nitrogens with zero attached hydrogens (tertiary/aromatic N) is 3. The van der Waals surface area contributed by atoms with E-state index in [2.05, 4.69) is 25.6 Å². The van der Waals surface area contributed by atoms with Crippen LogP contribution in [0, 0.1) is 0 Å². The Labute approximate surface area is 198 Å². The van der Waals surface area contributed by atoms with Crippen molar-refractivity contribution >= 4 is 34.4 Å². The van der Waals surface area contributed by atoms with Gasteiger partial charge in [-0.3, -0.25) is 9.69 Å². The van der Waals surface area contributed by atoms with Gasteiger partial charge in [0.2, 0.25) is 5.91 Å². The van der Waals surface area contributed by atoms with E-state index in [4.69, 9.17) is 16.7 Å². The van der Waals surface area contributed by atoms with E-state index in [1.54, 1.807) is 6.20 Å². The summed E-state index contributed by atoms with van der Waals surface area (Å²) in [7, 11) is 0. The van der Waals surface area contributed by atoms with Crippen LogP contribution in [0.4, 0.5) is 5.82 Å². The quantitative estimate of drug-likeness (QED) is 0.357. The number of anilines is 1. The molecular weight excluding hydrogens is 440 g/mol. The number of aromatic nitrogens is 3. The minimum absolute atomic E-state index is 0.0241. The number of H-pyrrole nitrogens is 1. The van der Waals surface area contributed by atoms with E-state index in [-0.39, 0.29) is 24.6 Å². The first-order valence-corrected chi connectivity index (χ1v) is 11.9. The van der Waals surface area contributed by atoms with E-state index in [9.17, 15) is 4.79 Å². The van der Waals surface area contributed by atoms with Gasteiger partial charge in [-0.05, 0) is 62.1 Å². The topological polar surface area (TPSA) is 106 Å². The molecule has 1 aliphatic carbocycles. The lowest BCUT2D eigenvalue weighted by atomic mass is 9.91. The van der Waals surface area contributed by atoms with Crippen molar-refractivity contribution in [1.29, 1.82) is 0 Å². The summed E-state index contributed by atoms with van der Waals surface area (Å²) in [6.07, 6.45) is 7.43. The lowest BCUT2D eigenvalue weighted by molar-refractivity contribution is -0.123. The predicted octanol–water partition coefficient (Wildman–Crippen LogP) is 3.43. The Morgan fingerprint density at radius 2 is 2.06 bits per heavy atom. The number of aromatic amines is 1. The molecule has 1 saturated carbocycles. The highest BCUT2D eigenvalue weighted by molar-refractivity contribution is 6.29. The Balaban J connectivity index is 1.34. The summed E-state index contributed by atoms with van der Waals surface area (Å²) in [5, 5.41) is 17.3. The first-order chi connectivity index (χ1) is 16.1. The normalized spacial score (nSPS) is 18.5. The van der Waals surface area contributed by atoms with Crippen LogP contribution in [0.1, 0.15) is 32.6 Å². The highest BCUT2D eigenvalue weighted by Crippen LogP contribution is 2.31. The van der Waals surface area contributed by atoms with Crippen molar-refractivity contribution in [3.63, 3.8) is 0 Å². The van der Waals surface area contributed by atoms with Crippen molar-refractivity contribution in [2.75, 3.05) is 31.6 Å². The number of aliphatic hydroxyl groups is 1. The highest BCUT2D eigenvalue weighted by atomic mass is 35.5. The van der Waals surface area contributed by atoms with Crippen LogP contribution in [0.3, 0.4) is 0 Å². The van der Waals surface area contributed by atoms with Crippen LogP contribution < -0.4 is 10.6 Å². The largest absolute Gasteiger partial charge is 0.395 e. The molecule has 33 heavy (non-hydrogen) atoms. The molecule has 9 heteroatoms. The van der Waals surface area contributed by atoms with Crippen LogP contribution in [-0.2, 0) is 4.79 Å². The molecule has 0 saturated heterocycles. The molecule has 0 bridgehead atoms. The molecule has 3 heterocycles. The minimum atomic E-state index is 0.0241. The summed E-state index contributed by atoms with van der Waals surface area (Å²) in [6, 6.07) is 8.31. The second-order valence-corrected chi connectivity index (χ2v) is 8.91. The number of likely N-dealkylation sites (N-methyl/N-ethyl adjacent to an activating group) is 1. The molecule has 3 aromatic heterocycles. The van der Waals surface area contributed by atoms with E-state index in [1.807, 2.05) is 42.3 Å². The van der Waals surface area contributed by atoms with Crippen LogP contribution in [0.2, 0.25) is 5.15 Å². The van der Waals surface area contributed by atoms with Gasteiger partial charge < -0.3 is 20.7 Å². The number of nitrogens with one attached hydrogen (secondary N) is 3. The smallest absolute Gasteiger partial charge is 0.234 e. The van der Waals surface area contributed by atoms with Crippen molar-refractivity contribution in [2.24, 2.45) is 0 Å². The molecule has 1 aliphatic rings. The summed E-state index contributed by atoms with van der Waals surface area (Å²) in [6.45, 7) is 3.64. The Bertz CT molecular complexity index is 1080. The summed E-state index contributed by atoms with van der Waals surface area (Å²) >= 11 is 6.35. The van der Waals surface area contributed by atoms with Crippen molar-refractivity contribution in [3.8, 4) is 11.1 Å². The van der Waals surface area contributed by atoms with Gasteiger partial charge in [0.15, 0.2) is 0 Å².